The zero-order chi connectivity index (χ0) is 37.3. The summed E-state index contributed by atoms with van der Waals surface area (Å²) in [6, 6.07) is 16.1. The molecule has 0 aromatic heterocycles. The van der Waals surface area contributed by atoms with Crippen molar-refractivity contribution in [2.75, 3.05) is 88.8 Å². The first-order valence-corrected chi connectivity index (χ1v) is 20.2. The lowest BCUT2D eigenvalue weighted by Crippen LogP contribution is -2.48. The average Bonchev–Trinajstić information content (AvgIpc) is 4.09. The molecule has 4 amide bonds. The van der Waals surface area contributed by atoms with Crippen LogP contribution in [0.1, 0.15) is 25.0 Å². The number of thiol groups is 4. The van der Waals surface area contributed by atoms with Gasteiger partial charge in [-0.2, -0.15) is 50.5 Å². The highest BCUT2D eigenvalue weighted by molar-refractivity contribution is 7.80. The molecule has 6 rings (SSSR count). The Morgan fingerprint density at radius 1 is 0.673 bits per heavy atom. The number of hydrogen-bond acceptors (Lipinski definition) is 12. The minimum atomic E-state index is -0.660. The van der Waals surface area contributed by atoms with E-state index in [2.05, 4.69) is 88.6 Å². The van der Waals surface area contributed by atoms with Gasteiger partial charge < -0.3 is 28.8 Å². The number of amides is 4. The molecule has 2 aromatic carbocycles. The normalized spacial score (nSPS) is 22.7. The number of hydrogen-bond donors (Lipinski definition) is 5. The van der Waals surface area contributed by atoms with E-state index in [-0.39, 0.29) is 55.2 Å². The van der Waals surface area contributed by atoms with Gasteiger partial charge in [-0.3, -0.25) is 19.6 Å². The number of epoxide rings is 2. The highest BCUT2D eigenvalue weighted by Crippen LogP contribution is 2.36. The van der Waals surface area contributed by atoms with Crippen LogP contribution < -0.4 is 9.47 Å². The zero-order valence-electron chi connectivity index (χ0n) is 29.8. The number of carbonyl (C=O) groups excluding carboxylic acids is 2. The van der Waals surface area contributed by atoms with Gasteiger partial charge in [0.2, 0.25) is 0 Å². The minimum Gasteiger partial charge on any atom is -0.491 e. The van der Waals surface area contributed by atoms with Gasteiger partial charge in [-0.05, 0) is 35.4 Å². The van der Waals surface area contributed by atoms with Crippen LogP contribution in [-0.2, 0) is 19.6 Å². The topological polar surface area (TPSA) is 120 Å². The summed E-state index contributed by atoms with van der Waals surface area (Å²) in [5, 5.41) is 9.96. The smallest absolute Gasteiger partial charge is 0.323 e. The van der Waals surface area contributed by atoms with E-state index in [0.717, 1.165) is 24.7 Å². The lowest BCUT2D eigenvalue weighted by Gasteiger charge is -2.29. The summed E-state index contributed by atoms with van der Waals surface area (Å²) in [7, 11) is 0. The fraction of sp³-hybridized carbons (Fsp3) is 0.611. The second kappa shape index (κ2) is 19.4. The summed E-state index contributed by atoms with van der Waals surface area (Å²) in [5.74, 6) is 3.81. The van der Waals surface area contributed by atoms with Crippen LogP contribution in [0.2, 0.25) is 0 Å². The number of fused-ring (bicyclic) bond motifs is 1. The van der Waals surface area contributed by atoms with Crippen molar-refractivity contribution in [3.8, 4) is 11.5 Å². The van der Waals surface area contributed by atoms with Gasteiger partial charge in [0.05, 0.1) is 26.4 Å². The number of carbonyl (C=O) groups is 2. The molecule has 0 bridgehead atoms. The van der Waals surface area contributed by atoms with Crippen LogP contribution in [-0.4, -0.2) is 156 Å². The summed E-state index contributed by atoms with van der Waals surface area (Å²) >= 11 is 17.0. The summed E-state index contributed by atoms with van der Waals surface area (Å²) in [6.07, 6.45) is -0.756. The summed E-state index contributed by atoms with van der Waals surface area (Å²) < 4.78 is 27.1. The van der Waals surface area contributed by atoms with E-state index in [1.807, 2.05) is 24.3 Å². The molecule has 288 valence electrons. The molecule has 4 aliphatic rings. The molecule has 4 aliphatic heterocycles. The number of rotatable bonds is 20. The number of aliphatic hydroxyl groups is 1. The summed E-state index contributed by atoms with van der Waals surface area (Å²) in [5.41, 5.74) is 2.23. The van der Waals surface area contributed by atoms with Gasteiger partial charge in [0.1, 0.15) is 55.4 Å². The maximum atomic E-state index is 12.7. The molecule has 2 aromatic rings. The SMILES string of the molecule is CC(C)(c1ccc(OCC(O)COCC2CO2)cc1)c1ccc(OCC2CO2)cc1.O=C1N(CCS)C2C(N1CCS)N(CCS)C(=O)N2CCS. The first kappa shape index (κ1) is 41.0. The zero-order valence-corrected chi connectivity index (χ0v) is 33.4. The summed E-state index contributed by atoms with van der Waals surface area (Å²) in [4.78, 5) is 32.3. The van der Waals surface area contributed by atoms with Gasteiger partial charge in [-0.15, -0.1) is 0 Å². The third-order valence-corrected chi connectivity index (χ3v) is 10.1. The Hall–Kier alpha value is -2.18. The van der Waals surface area contributed by atoms with Crippen LogP contribution in [0.25, 0.3) is 0 Å². The third-order valence-electron chi connectivity index (χ3n) is 9.34. The Labute approximate surface area is 329 Å². The monoisotopic (exact) mass is 796 g/mol. The molecular formula is C36H52N4O8S4. The predicted octanol–water partition coefficient (Wildman–Crippen LogP) is 3.78. The van der Waals surface area contributed by atoms with Gasteiger partial charge >= 0.3 is 12.1 Å². The lowest BCUT2D eigenvalue weighted by molar-refractivity contribution is 0.00761. The molecule has 3 atom stereocenters. The molecular weight excluding hydrogens is 745 g/mol. The van der Waals surface area contributed by atoms with Crippen LogP contribution >= 0.6 is 50.5 Å². The van der Waals surface area contributed by atoms with Crippen molar-refractivity contribution in [3.63, 3.8) is 0 Å². The standard InChI is InChI=1S/C24H30O6.C12H22N4O2S4/c1-24(2,18-5-9-21(10-6-18)28-15-23-16-30-23)17-3-7-20(8-4-17)27-12-19(25)11-26-13-22-14-29-22;17-11-13(1-5-19)9-10(15(11)3-7-21)16(4-8-22)12(18)14(9)2-6-20/h3-10,19,22-23,25H,11-16H2,1-2H3;9-10,19-22H,1-8H2. The second-order valence-corrected chi connectivity index (χ2v) is 15.2. The second-order valence-electron chi connectivity index (χ2n) is 13.5. The minimum absolute atomic E-state index is 0.0565. The van der Waals surface area contributed by atoms with E-state index in [1.165, 1.54) is 11.1 Å². The Balaban J connectivity index is 0.000000212. The number of nitrogens with zero attached hydrogens (tertiary/aromatic N) is 4. The molecule has 52 heavy (non-hydrogen) atoms. The Kier molecular flexibility index (Phi) is 15.3. The van der Waals surface area contributed by atoms with Crippen molar-refractivity contribution in [1.82, 2.24) is 19.6 Å². The number of aliphatic hydroxyl groups excluding tert-OH is 1. The maximum absolute atomic E-state index is 12.7. The van der Waals surface area contributed by atoms with Crippen molar-refractivity contribution in [1.29, 1.82) is 0 Å². The molecule has 0 radical (unpaired) electrons. The average molecular weight is 797 g/mol. The van der Waals surface area contributed by atoms with Crippen LogP contribution in [0.15, 0.2) is 48.5 Å². The Bertz CT molecular complexity index is 1360. The number of ether oxygens (including phenoxy) is 5. The fourth-order valence-electron chi connectivity index (χ4n) is 6.30. The van der Waals surface area contributed by atoms with Gasteiger partial charge in [-0.1, -0.05) is 38.1 Å². The quantitative estimate of drug-likeness (QED) is 0.102. The highest BCUT2D eigenvalue weighted by Gasteiger charge is 2.58. The Morgan fingerprint density at radius 2 is 1.06 bits per heavy atom. The molecule has 0 saturated carbocycles. The summed E-state index contributed by atoms with van der Waals surface area (Å²) in [6.45, 7) is 9.57. The van der Waals surface area contributed by atoms with E-state index in [1.54, 1.807) is 19.6 Å². The van der Waals surface area contributed by atoms with E-state index < -0.39 is 6.10 Å². The van der Waals surface area contributed by atoms with E-state index in [4.69, 9.17) is 23.7 Å². The van der Waals surface area contributed by atoms with Crippen molar-refractivity contribution >= 4 is 62.6 Å². The molecule has 4 fully saturated rings. The van der Waals surface area contributed by atoms with E-state index >= 15 is 0 Å². The van der Waals surface area contributed by atoms with Crippen molar-refractivity contribution < 1.29 is 38.4 Å². The number of benzene rings is 2. The maximum Gasteiger partial charge on any atom is 0.323 e. The Morgan fingerprint density at radius 3 is 1.44 bits per heavy atom. The molecule has 12 nitrogen and oxygen atoms in total. The first-order valence-electron chi connectivity index (χ1n) is 17.7. The molecule has 0 spiro atoms. The predicted molar refractivity (Wildman–Crippen MR) is 213 cm³/mol. The molecule has 4 heterocycles. The molecule has 3 unspecified atom stereocenters. The molecule has 0 aliphatic carbocycles. The molecule has 16 heteroatoms. The number of urea groups is 2. The van der Waals surface area contributed by atoms with Gasteiger partial charge in [0.25, 0.3) is 0 Å². The van der Waals surface area contributed by atoms with Crippen molar-refractivity contribution in [3.05, 3.63) is 59.7 Å². The van der Waals surface area contributed by atoms with Gasteiger partial charge in [0.15, 0.2) is 0 Å². The first-order chi connectivity index (χ1) is 25.1. The fourth-order valence-corrected chi connectivity index (χ4v) is 7.16. The van der Waals surface area contributed by atoms with Crippen LogP contribution in [0.3, 0.4) is 0 Å². The van der Waals surface area contributed by atoms with Crippen molar-refractivity contribution in [2.45, 2.75) is 49.9 Å². The van der Waals surface area contributed by atoms with E-state index in [0.29, 0.717) is 62.4 Å². The van der Waals surface area contributed by atoms with Gasteiger partial charge in [-0.25, -0.2) is 9.59 Å². The van der Waals surface area contributed by atoms with Crippen LogP contribution in [0.4, 0.5) is 9.59 Å². The third kappa shape index (κ3) is 10.5. The van der Waals surface area contributed by atoms with E-state index in [9.17, 15) is 14.7 Å². The van der Waals surface area contributed by atoms with Gasteiger partial charge in [0, 0.05) is 54.6 Å². The van der Waals surface area contributed by atoms with Crippen molar-refractivity contribution in [2.24, 2.45) is 0 Å². The lowest BCUT2D eigenvalue weighted by atomic mass is 9.78. The largest absolute Gasteiger partial charge is 0.491 e. The molecule has 1 N–H and O–H groups in total. The molecule has 4 saturated heterocycles. The van der Waals surface area contributed by atoms with Crippen LogP contribution in [0.5, 0.6) is 11.5 Å². The highest BCUT2D eigenvalue weighted by atomic mass is 32.1. The van der Waals surface area contributed by atoms with Crippen LogP contribution in [0, 0.1) is 0 Å².